The summed E-state index contributed by atoms with van der Waals surface area (Å²) in [5.74, 6) is 3.10. The number of thioether (sulfide) groups is 1. The summed E-state index contributed by atoms with van der Waals surface area (Å²) in [7, 11) is 0. The lowest BCUT2D eigenvalue weighted by atomic mass is 10.1. The molecular weight excluding hydrogens is 230 g/mol. The molecule has 2 N–H and O–H groups in total. The Morgan fingerprint density at radius 1 is 1.47 bits per heavy atom. The maximum absolute atomic E-state index is 6.10. The van der Waals surface area contributed by atoms with E-state index in [2.05, 4.69) is 22.5 Å². The van der Waals surface area contributed by atoms with Crippen molar-refractivity contribution in [2.24, 2.45) is 0 Å². The minimum atomic E-state index is 0.514. The molecule has 0 spiro atoms. The largest absolute Gasteiger partial charge is 0.369 e. The number of hydrogen-bond donors (Lipinski definition) is 1. The average molecular weight is 247 g/mol. The second kappa shape index (κ2) is 4.26. The van der Waals surface area contributed by atoms with Crippen molar-refractivity contribution >= 4 is 28.7 Å². The number of aryl methyl sites for hydroxylation is 1. The predicted octanol–water partition coefficient (Wildman–Crippen LogP) is 3.00. The Morgan fingerprint density at radius 3 is 3.12 bits per heavy atom. The van der Waals surface area contributed by atoms with Gasteiger partial charge in [-0.3, -0.25) is 0 Å². The van der Waals surface area contributed by atoms with Gasteiger partial charge in [-0.2, -0.15) is 11.8 Å². The molecule has 0 bridgehead atoms. The normalized spacial score (nSPS) is 20.9. The molecule has 1 unspecified atom stereocenters. The van der Waals surface area contributed by atoms with Gasteiger partial charge in [-0.15, -0.1) is 0 Å². The van der Waals surface area contributed by atoms with Crippen molar-refractivity contribution in [2.75, 3.05) is 17.2 Å². The number of para-hydroxylation sites is 1. The summed E-state index contributed by atoms with van der Waals surface area (Å²) in [4.78, 5) is 4.48. The first-order chi connectivity index (χ1) is 8.27. The third-order valence-electron chi connectivity index (χ3n) is 3.44. The molecule has 1 atom stereocenters. The summed E-state index contributed by atoms with van der Waals surface area (Å²) < 4.78 is 2.25. The van der Waals surface area contributed by atoms with Gasteiger partial charge in [-0.05, 0) is 37.1 Å². The van der Waals surface area contributed by atoms with Crippen molar-refractivity contribution in [2.45, 2.75) is 25.8 Å². The molecule has 1 aliphatic rings. The van der Waals surface area contributed by atoms with Gasteiger partial charge in [-0.25, -0.2) is 4.98 Å². The number of nitrogens with zero attached hydrogens (tertiary/aromatic N) is 2. The Bertz CT molecular complexity index is 541. The van der Waals surface area contributed by atoms with Crippen molar-refractivity contribution in [3.63, 3.8) is 0 Å². The van der Waals surface area contributed by atoms with Crippen LogP contribution in [0.2, 0.25) is 0 Å². The lowest BCUT2D eigenvalue weighted by molar-refractivity contribution is 0.517. The topological polar surface area (TPSA) is 43.8 Å². The third-order valence-corrected chi connectivity index (χ3v) is 4.64. The van der Waals surface area contributed by atoms with Gasteiger partial charge in [0.25, 0.3) is 0 Å². The van der Waals surface area contributed by atoms with Crippen molar-refractivity contribution < 1.29 is 0 Å². The standard InChI is InChI=1S/C13H17N3S/c1-9-4-2-6-11-12(9)16(13(14)15-11)10-5-3-7-17-8-10/h2,4,6,10H,3,5,7-8H2,1H3,(H2,14,15). The SMILES string of the molecule is Cc1cccc2nc(N)n(C3CCCSC3)c12. The number of imidazole rings is 1. The van der Waals surface area contributed by atoms with Gasteiger partial charge in [0.15, 0.2) is 0 Å². The Labute approximate surface area is 105 Å². The molecule has 17 heavy (non-hydrogen) atoms. The number of aromatic nitrogens is 2. The molecule has 1 aliphatic heterocycles. The van der Waals surface area contributed by atoms with E-state index in [1.165, 1.54) is 29.7 Å². The van der Waals surface area contributed by atoms with Crippen LogP contribution < -0.4 is 5.73 Å². The second-order valence-corrected chi connectivity index (χ2v) is 5.80. The molecule has 2 heterocycles. The summed E-state index contributed by atoms with van der Waals surface area (Å²) in [5.41, 5.74) is 9.61. The number of anilines is 1. The zero-order valence-corrected chi connectivity index (χ0v) is 10.8. The van der Waals surface area contributed by atoms with Gasteiger partial charge < -0.3 is 10.3 Å². The number of hydrogen-bond acceptors (Lipinski definition) is 3. The first kappa shape index (κ1) is 11.0. The predicted molar refractivity (Wildman–Crippen MR) is 74.5 cm³/mol. The van der Waals surface area contributed by atoms with Crippen LogP contribution >= 0.6 is 11.8 Å². The Hall–Kier alpha value is -1.16. The van der Waals surface area contributed by atoms with Gasteiger partial charge >= 0.3 is 0 Å². The molecule has 1 aromatic carbocycles. The Morgan fingerprint density at radius 2 is 2.35 bits per heavy atom. The number of rotatable bonds is 1. The maximum atomic E-state index is 6.10. The van der Waals surface area contributed by atoms with Gasteiger partial charge in [0, 0.05) is 11.8 Å². The van der Waals surface area contributed by atoms with E-state index in [0.717, 1.165) is 11.3 Å². The van der Waals surface area contributed by atoms with E-state index in [4.69, 9.17) is 5.73 Å². The van der Waals surface area contributed by atoms with E-state index in [-0.39, 0.29) is 0 Å². The van der Waals surface area contributed by atoms with Crippen LogP contribution in [0.25, 0.3) is 11.0 Å². The summed E-state index contributed by atoms with van der Waals surface area (Å²) in [6.07, 6.45) is 2.50. The molecule has 90 valence electrons. The molecular formula is C13H17N3S. The van der Waals surface area contributed by atoms with Crippen LogP contribution in [0, 0.1) is 6.92 Å². The fourth-order valence-corrected chi connectivity index (χ4v) is 3.76. The van der Waals surface area contributed by atoms with Gasteiger partial charge in [-0.1, -0.05) is 12.1 Å². The van der Waals surface area contributed by atoms with Gasteiger partial charge in [0.2, 0.25) is 5.95 Å². The number of fused-ring (bicyclic) bond motifs is 1. The van der Waals surface area contributed by atoms with E-state index >= 15 is 0 Å². The fraction of sp³-hybridized carbons (Fsp3) is 0.462. The Kier molecular flexibility index (Phi) is 2.74. The number of nitrogen functional groups attached to an aromatic ring is 1. The number of nitrogens with two attached hydrogens (primary N) is 1. The molecule has 1 fully saturated rings. The van der Waals surface area contributed by atoms with E-state index < -0.39 is 0 Å². The van der Waals surface area contributed by atoms with Gasteiger partial charge in [0.05, 0.1) is 11.0 Å². The van der Waals surface area contributed by atoms with Crippen LogP contribution in [0.3, 0.4) is 0 Å². The van der Waals surface area contributed by atoms with Crippen LogP contribution in [-0.4, -0.2) is 21.1 Å². The zero-order valence-electron chi connectivity index (χ0n) is 10.0. The highest BCUT2D eigenvalue weighted by molar-refractivity contribution is 7.99. The molecule has 0 saturated carbocycles. The highest BCUT2D eigenvalue weighted by Gasteiger charge is 2.21. The molecule has 3 rings (SSSR count). The van der Waals surface area contributed by atoms with Crippen LogP contribution in [-0.2, 0) is 0 Å². The van der Waals surface area contributed by atoms with Crippen molar-refractivity contribution in [3.05, 3.63) is 23.8 Å². The summed E-state index contributed by atoms with van der Waals surface area (Å²) >= 11 is 2.02. The molecule has 3 nitrogen and oxygen atoms in total. The lowest BCUT2D eigenvalue weighted by Crippen LogP contribution is -2.18. The summed E-state index contributed by atoms with van der Waals surface area (Å²) in [6.45, 7) is 2.13. The highest BCUT2D eigenvalue weighted by Crippen LogP contribution is 2.33. The molecule has 1 aromatic heterocycles. The minimum absolute atomic E-state index is 0.514. The van der Waals surface area contributed by atoms with Crippen molar-refractivity contribution in [1.82, 2.24) is 9.55 Å². The molecule has 0 aliphatic carbocycles. The van der Waals surface area contributed by atoms with Crippen LogP contribution in [0.1, 0.15) is 24.4 Å². The first-order valence-corrected chi connectivity index (χ1v) is 7.23. The minimum Gasteiger partial charge on any atom is -0.369 e. The number of benzene rings is 1. The molecule has 0 radical (unpaired) electrons. The monoisotopic (exact) mass is 247 g/mol. The summed E-state index contributed by atoms with van der Waals surface area (Å²) in [5, 5.41) is 0. The molecule has 0 amide bonds. The van der Waals surface area contributed by atoms with Crippen molar-refractivity contribution in [3.8, 4) is 0 Å². The highest BCUT2D eigenvalue weighted by atomic mass is 32.2. The zero-order chi connectivity index (χ0) is 11.8. The van der Waals surface area contributed by atoms with Crippen LogP contribution in [0.5, 0.6) is 0 Å². The van der Waals surface area contributed by atoms with Crippen LogP contribution in [0.4, 0.5) is 5.95 Å². The van der Waals surface area contributed by atoms with Crippen LogP contribution in [0.15, 0.2) is 18.2 Å². The smallest absolute Gasteiger partial charge is 0.201 e. The van der Waals surface area contributed by atoms with E-state index in [1.807, 2.05) is 23.9 Å². The summed E-state index contributed by atoms with van der Waals surface area (Å²) in [6, 6.07) is 6.74. The van der Waals surface area contributed by atoms with Gasteiger partial charge in [0.1, 0.15) is 0 Å². The molecule has 4 heteroatoms. The lowest BCUT2D eigenvalue weighted by Gasteiger charge is -2.24. The van der Waals surface area contributed by atoms with E-state index in [1.54, 1.807) is 0 Å². The molecule has 1 saturated heterocycles. The molecule has 2 aromatic rings. The third kappa shape index (κ3) is 1.80. The maximum Gasteiger partial charge on any atom is 0.201 e. The first-order valence-electron chi connectivity index (χ1n) is 6.08. The van der Waals surface area contributed by atoms with E-state index in [9.17, 15) is 0 Å². The second-order valence-electron chi connectivity index (χ2n) is 4.65. The fourth-order valence-electron chi connectivity index (χ4n) is 2.64. The quantitative estimate of drug-likeness (QED) is 0.842. The Balaban J connectivity index is 2.16. The van der Waals surface area contributed by atoms with E-state index in [0.29, 0.717) is 12.0 Å². The average Bonchev–Trinajstić information content (AvgIpc) is 2.68. The van der Waals surface area contributed by atoms with Crippen molar-refractivity contribution in [1.29, 1.82) is 0 Å².